The van der Waals surface area contributed by atoms with Gasteiger partial charge in [0.15, 0.2) is 0 Å². The monoisotopic (exact) mass is 594 g/mol. The molecule has 0 spiro atoms. The summed E-state index contributed by atoms with van der Waals surface area (Å²) in [5.41, 5.74) is 13.5. The number of aryl methyl sites for hydroxylation is 1. The molecule has 0 aromatic heterocycles. The van der Waals surface area contributed by atoms with Gasteiger partial charge in [0.05, 0.1) is 0 Å². The number of para-hydroxylation sites is 2. The van der Waals surface area contributed by atoms with Crippen LogP contribution in [0.2, 0.25) is 0 Å². The van der Waals surface area contributed by atoms with E-state index in [1.54, 1.807) is 0 Å². The Kier molecular flexibility index (Phi) is 7.70. The Labute approximate surface area is 272 Å². The smallest absolute Gasteiger partial charge is 0.0464 e. The van der Waals surface area contributed by atoms with Crippen molar-refractivity contribution in [2.24, 2.45) is 0 Å². The van der Waals surface area contributed by atoms with E-state index in [4.69, 9.17) is 0 Å². The lowest BCUT2D eigenvalue weighted by molar-refractivity contribution is 0.800. The first kappa shape index (κ1) is 28.2. The van der Waals surface area contributed by atoms with Crippen LogP contribution in [0, 0.1) is 0 Å². The highest BCUT2D eigenvalue weighted by molar-refractivity contribution is 5.87. The zero-order chi connectivity index (χ0) is 30.7. The van der Waals surface area contributed by atoms with Crippen LogP contribution in [0.25, 0.3) is 16.8 Å². The third-order valence-electron chi connectivity index (χ3n) is 9.58. The second-order valence-corrected chi connectivity index (χ2v) is 12.4. The van der Waals surface area contributed by atoms with Crippen molar-refractivity contribution in [2.45, 2.75) is 38.5 Å². The zero-order valence-corrected chi connectivity index (χ0v) is 26.1. The first-order chi connectivity index (χ1) is 22.8. The molecule has 46 heavy (non-hydrogen) atoms. The summed E-state index contributed by atoms with van der Waals surface area (Å²) in [6.07, 6.45) is 18.1. The van der Waals surface area contributed by atoms with Gasteiger partial charge >= 0.3 is 0 Å². The Morgan fingerprint density at radius 2 is 0.935 bits per heavy atom. The lowest BCUT2D eigenvalue weighted by atomic mass is 9.88. The van der Waals surface area contributed by atoms with Gasteiger partial charge in [-0.1, -0.05) is 103 Å². The number of hydrogen-bond acceptors (Lipinski definition) is 2. The highest BCUT2D eigenvalue weighted by Gasteiger charge is 2.24. The predicted molar refractivity (Wildman–Crippen MR) is 195 cm³/mol. The van der Waals surface area contributed by atoms with Crippen LogP contribution >= 0.6 is 0 Å². The first-order valence-corrected chi connectivity index (χ1v) is 16.6. The Bertz CT molecular complexity index is 2040. The van der Waals surface area contributed by atoms with Crippen molar-refractivity contribution in [3.63, 3.8) is 0 Å². The van der Waals surface area contributed by atoms with E-state index in [1.807, 2.05) is 0 Å². The molecule has 3 aliphatic rings. The molecule has 224 valence electrons. The molecule has 0 bridgehead atoms. The highest BCUT2D eigenvalue weighted by atomic mass is 15.2. The maximum atomic E-state index is 2.51. The van der Waals surface area contributed by atoms with Gasteiger partial charge in [0.2, 0.25) is 0 Å². The van der Waals surface area contributed by atoms with Gasteiger partial charge in [-0.3, -0.25) is 0 Å². The molecule has 0 saturated heterocycles. The summed E-state index contributed by atoms with van der Waals surface area (Å²) in [5, 5.41) is 2.53. The maximum Gasteiger partial charge on any atom is 0.0464 e. The van der Waals surface area contributed by atoms with Gasteiger partial charge in [-0.2, -0.15) is 0 Å². The lowest BCUT2D eigenvalue weighted by Gasteiger charge is -2.34. The highest BCUT2D eigenvalue weighted by Crippen LogP contribution is 2.40. The Morgan fingerprint density at radius 3 is 1.61 bits per heavy atom. The zero-order valence-electron chi connectivity index (χ0n) is 26.1. The van der Waals surface area contributed by atoms with Gasteiger partial charge in [-0.15, -0.1) is 0 Å². The van der Waals surface area contributed by atoms with E-state index in [0.717, 1.165) is 38.5 Å². The Hall–Kier alpha value is -5.34. The van der Waals surface area contributed by atoms with Crippen LogP contribution in [-0.4, -0.2) is 0 Å². The number of allylic oxidation sites excluding steroid dienone is 9. The van der Waals surface area contributed by atoms with Crippen LogP contribution in [0.5, 0.6) is 0 Å². The van der Waals surface area contributed by atoms with Crippen LogP contribution in [0.3, 0.4) is 0 Å². The van der Waals surface area contributed by atoms with Gasteiger partial charge in [0.1, 0.15) is 0 Å². The maximum absolute atomic E-state index is 2.51. The van der Waals surface area contributed by atoms with E-state index in [1.165, 1.54) is 67.2 Å². The molecule has 0 heterocycles. The molecule has 0 aliphatic heterocycles. The van der Waals surface area contributed by atoms with Gasteiger partial charge in [-0.05, 0) is 126 Å². The van der Waals surface area contributed by atoms with Crippen molar-refractivity contribution in [1.82, 2.24) is 0 Å². The molecule has 2 nitrogen and oxygen atoms in total. The Balaban J connectivity index is 1.10. The standard InChI is InChI=1S/C44H38N2/c1-3-15-39(16-4-1)45(43-29-23-33-11-7-9-13-37(33)31-43)41-25-19-35(20-26-41)36-21-27-42(28-22-36)46(40-17-5-2-6-18-40)44-30-24-34-12-8-10-14-38(34)32-44/h1-19,21,23,25,27,29,31-32H,20,22,24,26,28,30H2. The first-order valence-electron chi connectivity index (χ1n) is 16.6. The topological polar surface area (TPSA) is 6.48 Å². The van der Waals surface area contributed by atoms with E-state index in [9.17, 15) is 0 Å². The second kappa shape index (κ2) is 12.6. The largest absolute Gasteiger partial charge is 0.318 e. The molecule has 5 aromatic carbocycles. The molecular formula is C44H38N2. The van der Waals surface area contributed by atoms with Crippen molar-refractivity contribution in [3.05, 3.63) is 191 Å². The quantitative estimate of drug-likeness (QED) is 0.185. The van der Waals surface area contributed by atoms with Gasteiger partial charge < -0.3 is 9.80 Å². The Morgan fingerprint density at radius 1 is 0.370 bits per heavy atom. The molecule has 0 atom stereocenters. The van der Waals surface area contributed by atoms with Crippen molar-refractivity contribution < 1.29 is 0 Å². The summed E-state index contributed by atoms with van der Waals surface area (Å²) in [6, 6.07) is 45.9. The van der Waals surface area contributed by atoms with E-state index < -0.39 is 0 Å². The molecule has 5 aromatic rings. The molecular weight excluding hydrogens is 556 g/mol. The summed E-state index contributed by atoms with van der Waals surface area (Å²) < 4.78 is 0. The van der Waals surface area contributed by atoms with Crippen LogP contribution < -0.4 is 9.80 Å². The van der Waals surface area contributed by atoms with E-state index in [2.05, 4.69) is 168 Å². The number of nitrogens with zero attached hydrogens (tertiary/aromatic N) is 2. The number of rotatable bonds is 7. The molecule has 0 saturated carbocycles. The van der Waals surface area contributed by atoms with Crippen LogP contribution in [0.15, 0.2) is 180 Å². The summed E-state index contributed by atoms with van der Waals surface area (Å²) in [4.78, 5) is 4.94. The fourth-order valence-electron chi connectivity index (χ4n) is 7.22. The van der Waals surface area contributed by atoms with Crippen molar-refractivity contribution in [1.29, 1.82) is 0 Å². The molecule has 0 N–H and O–H groups in total. The second-order valence-electron chi connectivity index (χ2n) is 12.4. The molecule has 0 radical (unpaired) electrons. The number of benzene rings is 5. The van der Waals surface area contributed by atoms with Crippen LogP contribution in [0.4, 0.5) is 17.1 Å². The molecule has 2 heteroatoms. The molecule has 0 unspecified atom stereocenters. The molecule has 0 fully saturated rings. The minimum atomic E-state index is 1.00. The van der Waals surface area contributed by atoms with Gasteiger partial charge in [-0.25, -0.2) is 0 Å². The average molecular weight is 595 g/mol. The number of hydrogen-bond donors (Lipinski definition) is 0. The van der Waals surface area contributed by atoms with Gasteiger partial charge in [0.25, 0.3) is 0 Å². The molecule has 8 rings (SSSR count). The van der Waals surface area contributed by atoms with Crippen molar-refractivity contribution >= 4 is 33.9 Å². The summed E-state index contributed by atoms with van der Waals surface area (Å²) >= 11 is 0. The summed E-state index contributed by atoms with van der Waals surface area (Å²) in [5.74, 6) is 0. The van der Waals surface area contributed by atoms with E-state index >= 15 is 0 Å². The summed E-state index contributed by atoms with van der Waals surface area (Å²) in [7, 11) is 0. The fraction of sp³-hybridized carbons (Fsp3) is 0.136. The van der Waals surface area contributed by atoms with Gasteiger partial charge in [0, 0.05) is 34.2 Å². The van der Waals surface area contributed by atoms with Crippen molar-refractivity contribution in [3.8, 4) is 0 Å². The van der Waals surface area contributed by atoms with Crippen LogP contribution in [-0.2, 0) is 6.42 Å². The molecule has 0 amide bonds. The van der Waals surface area contributed by atoms with Crippen LogP contribution in [0.1, 0.15) is 43.2 Å². The number of anilines is 3. The average Bonchev–Trinajstić information content (AvgIpc) is 3.13. The number of fused-ring (bicyclic) bond motifs is 2. The lowest BCUT2D eigenvalue weighted by Crippen LogP contribution is -2.25. The third kappa shape index (κ3) is 5.63. The van der Waals surface area contributed by atoms with Crippen molar-refractivity contribution in [2.75, 3.05) is 9.80 Å². The minimum Gasteiger partial charge on any atom is -0.318 e. The molecule has 3 aliphatic carbocycles. The minimum absolute atomic E-state index is 1.00. The third-order valence-corrected chi connectivity index (χ3v) is 9.58. The predicted octanol–water partition coefficient (Wildman–Crippen LogP) is 11.7. The SMILES string of the molecule is C1=C(C2=CC=C(N(c3ccccc3)c3ccc4ccccc4c3)CC2)CCC(N(C2=Cc3ccccc3CC2)c2ccccc2)=C1. The summed E-state index contributed by atoms with van der Waals surface area (Å²) in [6.45, 7) is 0. The fourth-order valence-corrected chi connectivity index (χ4v) is 7.22. The van der Waals surface area contributed by atoms with E-state index in [0.29, 0.717) is 0 Å². The van der Waals surface area contributed by atoms with E-state index in [-0.39, 0.29) is 0 Å². The normalized spacial score (nSPS) is 16.0.